The number of amides is 2. The summed E-state index contributed by atoms with van der Waals surface area (Å²) >= 11 is 1.48. The van der Waals surface area contributed by atoms with Crippen molar-refractivity contribution >= 4 is 33.8 Å². The Hall–Kier alpha value is -3.34. The summed E-state index contributed by atoms with van der Waals surface area (Å²) in [5.74, 6) is -0.823. The predicted molar refractivity (Wildman–Crippen MR) is 168 cm³/mol. The maximum Gasteiger partial charge on any atom is 0.407 e. The van der Waals surface area contributed by atoms with Gasteiger partial charge in [-0.25, -0.2) is 17.9 Å². The van der Waals surface area contributed by atoms with E-state index in [2.05, 4.69) is 20.8 Å². The minimum Gasteiger partial charge on any atom is -0.465 e. The van der Waals surface area contributed by atoms with E-state index in [1.165, 1.54) is 16.7 Å². The Morgan fingerprint density at radius 1 is 0.905 bits per heavy atom. The van der Waals surface area contributed by atoms with Crippen LogP contribution in [0.1, 0.15) is 68.1 Å². The molecule has 0 aliphatic rings. The number of carbonyl (C=O) groups is 2. The van der Waals surface area contributed by atoms with Gasteiger partial charge in [0.25, 0.3) is 5.91 Å². The van der Waals surface area contributed by atoms with E-state index in [4.69, 9.17) is 0 Å². The molecule has 0 fully saturated rings. The molecule has 0 saturated heterocycles. The molecule has 8 nitrogen and oxygen atoms in total. The van der Waals surface area contributed by atoms with Crippen molar-refractivity contribution in [3.63, 3.8) is 0 Å². The molecule has 0 heterocycles. The number of carboxylic acid groups (broad SMARTS) is 1. The second kappa shape index (κ2) is 13.8. The summed E-state index contributed by atoms with van der Waals surface area (Å²) in [6.07, 6.45) is -1.08. The van der Waals surface area contributed by atoms with Crippen molar-refractivity contribution in [2.75, 3.05) is 19.3 Å². The average molecular weight is 613 g/mol. The highest BCUT2D eigenvalue weighted by Gasteiger charge is 2.31. The predicted octanol–water partition coefficient (Wildman–Crippen LogP) is 6.39. The van der Waals surface area contributed by atoms with Gasteiger partial charge in [0.2, 0.25) is 10.0 Å². The first kappa shape index (κ1) is 33.2. The Labute approximate surface area is 253 Å². The summed E-state index contributed by atoms with van der Waals surface area (Å²) in [6.45, 7) is 10.4. The molecular formula is C32H40N2O6S2. The number of nitrogens with one attached hydrogen (secondary N) is 1. The largest absolute Gasteiger partial charge is 0.465 e. The normalized spacial score (nSPS) is 13.4. The highest BCUT2D eigenvalue weighted by Crippen LogP contribution is 2.38. The van der Waals surface area contributed by atoms with Gasteiger partial charge in [-0.1, -0.05) is 95.3 Å². The maximum atomic E-state index is 12.6. The zero-order chi connectivity index (χ0) is 31.2. The van der Waals surface area contributed by atoms with Crippen molar-refractivity contribution < 1.29 is 28.2 Å². The number of aliphatic hydroxyl groups excluding tert-OH is 1. The molecule has 3 aromatic carbocycles. The van der Waals surface area contributed by atoms with E-state index < -0.39 is 28.1 Å². The van der Waals surface area contributed by atoms with Crippen molar-refractivity contribution in [1.29, 1.82) is 0 Å². The Morgan fingerprint density at radius 3 is 2.02 bits per heavy atom. The summed E-state index contributed by atoms with van der Waals surface area (Å²) < 4.78 is 25.3. The highest BCUT2D eigenvalue weighted by atomic mass is 32.2. The minimum absolute atomic E-state index is 0.0421. The van der Waals surface area contributed by atoms with Crippen molar-refractivity contribution in [3.05, 3.63) is 89.5 Å². The number of hydrogen-bond acceptors (Lipinski definition) is 6. The lowest BCUT2D eigenvalue weighted by Crippen LogP contribution is -2.39. The third-order valence-corrected chi connectivity index (χ3v) is 8.43. The molecule has 10 heteroatoms. The molecule has 1 unspecified atom stereocenters. The number of thioether (sulfide) groups is 1. The fourth-order valence-electron chi connectivity index (χ4n) is 4.69. The molecule has 0 radical (unpaired) electrons. The monoisotopic (exact) mass is 612 g/mol. The molecule has 2 amide bonds. The van der Waals surface area contributed by atoms with Crippen LogP contribution in [0.4, 0.5) is 4.79 Å². The standard InChI is InChI=1S/C32H40N2O6S2/c1-21(2)41-29-18-25(16-17-26(29)30(36)33-42(6,39)40)22-12-14-23(15-13-22)27(32(3,4)5)19-34(31(37)38)20-28(35)24-10-8-7-9-11-24/h7-18,21,27-28,35H,19-20H2,1-6H3,(H,33,36)(H,37,38)/t27?,28-/m0/s1. The molecule has 0 spiro atoms. The fraction of sp³-hybridized carbons (Fsp3) is 0.375. The zero-order valence-electron chi connectivity index (χ0n) is 24.9. The van der Waals surface area contributed by atoms with Gasteiger partial charge in [-0.3, -0.25) is 4.79 Å². The van der Waals surface area contributed by atoms with Crippen LogP contribution in [0.15, 0.2) is 77.7 Å². The second-order valence-electron chi connectivity index (χ2n) is 11.7. The Bertz CT molecular complexity index is 1480. The van der Waals surface area contributed by atoms with Crippen molar-refractivity contribution in [2.24, 2.45) is 5.41 Å². The summed E-state index contributed by atoms with van der Waals surface area (Å²) in [6, 6.07) is 22.2. The Kier molecular flexibility index (Phi) is 10.9. The first-order valence-corrected chi connectivity index (χ1v) is 16.5. The van der Waals surface area contributed by atoms with Crippen LogP contribution >= 0.6 is 11.8 Å². The lowest BCUT2D eigenvalue weighted by molar-refractivity contribution is 0.0860. The van der Waals surface area contributed by atoms with Crippen LogP contribution < -0.4 is 4.72 Å². The van der Waals surface area contributed by atoms with Crippen molar-refractivity contribution in [2.45, 2.75) is 56.8 Å². The molecule has 3 N–H and O–H groups in total. The maximum absolute atomic E-state index is 12.6. The van der Waals surface area contributed by atoms with Crippen molar-refractivity contribution in [1.82, 2.24) is 9.62 Å². The molecule has 0 saturated carbocycles. The zero-order valence-corrected chi connectivity index (χ0v) is 26.5. The van der Waals surface area contributed by atoms with Crippen LogP contribution in [0.2, 0.25) is 0 Å². The van der Waals surface area contributed by atoms with Gasteiger partial charge < -0.3 is 15.1 Å². The highest BCUT2D eigenvalue weighted by molar-refractivity contribution is 8.00. The van der Waals surface area contributed by atoms with E-state index in [0.717, 1.165) is 22.9 Å². The van der Waals surface area contributed by atoms with Crippen LogP contribution in [0.5, 0.6) is 0 Å². The summed E-state index contributed by atoms with van der Waals surface area (Å²) in [4.78, 5) is 26.8. The third kappa shape index (κ3) is 9.34. The van der Waals surface area contributed by atoms with Gasteiger partial charge in [0.05, 0.1) is 24.5 Å². The number of nitrogens with zero attached hydrogens (tertiary/aromatic N) is 1. The first-order chi connectivity index (χ1) is 19.5. The number of carbonyl (C=O) groups excluding carboxylic acids is 1. The lowest BCUT2D eigenvalue weighted by atomic mass is 9.76. The summed E-state index contributed by atoms with van der Waals surface area (Å²) in [5.41, 5.74) is 3.41. The molecule has 2 atom stereocenters. The fourth-order valence-corrected chi connectivity index (χ4v) is 6.13. The quantitative estimate of drug-likeness (QED) is 0.215. The van der Waals surface area contributed by atoms with E-state index >= 15 is 0 Å². The molecule has 3 aromatic rings. The molecule has 0 aliphatic heterocycles. The minimum atomic E-state index is -3.70. The second-order valence-corrected chi connectivity index (χ2v) is 15.1. The van der Waals surface area contributed by atoms with E-state index in [-0.39, 0.29) is 29.7 Å². The molecular weight excluding hydrogens is 572 g/mol. The van der Waals surface area contributed by atoms with Gasteiger partial charge in [0, 0.05) is 22.6 Å². The van der Waals surface area contributed by atoms with Crippen molar-refractivity contribution in [3.8, 4) is 11.1 Å². The van der Waals surface area contributed by atoms with Crippen LogP contribution in [0, 0.1) is 5.41 Å². The SMILES string of the molecule is CC(C)Sc1cc(-c2ccc(C(CN(C[C@H](O)c3ccccc3)C(=O)O)C(C)(C)C)cc2)ccc1C(=O)NS(C)(=O)=O. The van der Waals surface area contributed by atoms with Crippen LogP contribution in [-0.4, -0.2) is 60.1 Å². The molecule has 3 rings (SSSR count). The summed E-state index contributed by atoms with van der Waals surface area (Å²) in [7, 11) is -3.70. The van der Waals surface area contributed by atoms with E-state index in [9.17, 15) is 28.2 Å². The van der Waals surface area contributed by atoms with Gasteiger partial charge in [-0.2, -0.15) is 0 Å². The van der Waals surface area contributed by atoms with E-state index in [1.54, 1.807) is 24.3 Å². The molecule has 0 aliphatic carbocycles. The van der Waals surface area contributed by atoms with Gasteiger partial charge in [-0.15, -0.1) is 11.8 Å². The summed E-state index contributed by atoms with van der Waals surface area (Å²) in [5, 5.41) is 20.9. The van der Waals surface area contributed by atoms with E-state index in [1.807, 2.05) is 67.1 Å². The number of rotatable bonds is 11. The van der Waals surface area contributed by atoms with Gasteiger partial charge in [0.15, 0.2) is 0 Å². The molecule has 0 aromatic heterocycles. The third-order valence-electron chi connectivity index (χ3n) is 6.81. The first-order valence-electron chi connectivity index (χ1n) is 13.7. The molecule has 226 valence electrons. The van der Waals surface area contributed by atoms with Gasteiger partial charge in [-0.05, 0) is 39.8 Å². The van der Waals surface area contributed by atoms with E-state index in [0.29, 0.717) is 16.0 Å². The molecule has 42 heavy (non-hydrogen) atoms. The van der Waals surface area contributed by atoms with Gasteiger partial charge in [0.1, 0.15) is 0 Å². The number of hydrogen-bond donors (Lipinski definition) is 3. The molecule has 0 bridgehead atoms. The lowest BCUT2D eigenvalue weighted by Gasteiger charge is -2.35. The number of sulfonamides is 1. The number of benzene rings is 3. The van der Waals surface area contributed by atoms with Gasteiger partial charge >= 0.3 is 6.09 Å². The Morgan fingerprint density at radius 2 is 1.50 bits per heavy atom. The van der Waals surface area contributed by atoms with Crippen LogP contribution in [0.25, 0.3) is 11.1 Å². The average Bonchev–Trinajstić information content (AvgIpc) is 2.89. The van der Waals surface area contributed by atoms with Crippen LogP contribution in [-0.2, 0) is 10.0 Å². The number of aliphatic hydroxyl groups is 1. The smallest absolute Gasteiger partial charge is 0.407 e. The Balaban J connectivity index is 1.89. The van der Waals surface area contributed by atoms with Crippen LogP contribution in [0.3, 0.4) is 0 Å². The topological polar surface area (TPSA) is 124 Å².